The Morgan fingerprint density at radius 2 is 1.89 bits per heavy atom. The molecule has 7 heteroatoms. The third-order valence-corrected chi connectivity index (χ3v) is 5.36. The summed E-state index contributed by atoms with van der Waals surface area (Å²) < 4.78 is 27.1. The topological polar surface area (TPSA) is 58.2 Å². The van der Waals surface area contributed by atoms with Crippen LogP contribution in [0.4, 0.5) is 0 Å². The molecule has 1 heterocycles. The fraction of sp³-hybridized carbons (Fsp3) is 0.455. The van der Waals surface area contributed by atoms with Gasteiger partial charge < -0.3 is 5.32 Å². The van der Waals surface area contributed by atoms with Crippen molar-refractivity contribution in [2.24, 2.45) is 0 Å². The molecule has 1 fully saturated rings. The van der Waals surface area contributed by atoms with Gasteiger partial charge in [0.2, 0.25) is 10.0 Å². The number of halogens is 2. The number of hydrogen-bond donors (Lipinski definition) is 2. The first-order valence-electron chi connectivity index (χ1n) is 5.68. The Morgan fingerprint density at radius 1 is 1.22 bits per heavy atom. The second-order valence-corrected chi connectivity index (χ2v) is 6.67. The minimum absolute atomic E-state index is 0.0372. The van der Waals surface area contributed by atoms with Crippen molar-refractivity contribution in [3.8, 4) is 0 Å². The predicted octanol–water partition coefficient (Wildman–Crippen LogP) is 2.02. The Balaban J connectivity index is 2.22. The Labute approximate surface area is 117 Å². The van der Waals surface area contributed by atoms with E-state index in [1.807, 2.05) is 0 Å². The summed E-state index contributed by atoms with van der Waals surface area (Å²) in [6.45, 7) is 1.63. The van der Waals surface area contributed by atoms with Gasteiger partial charge in [0.15, 0.2) is 0 Å². The zero-order chi connectivity index (χ0) is 13.2. The number of piperidine rings is 1. The second-order valence-electron chi connectivity index (χ2n) is 4.20. The highest BCUT2D eigenvalue weighted by molar-refractivity contribution is 7.89. The van der Waals surface area contributed by atoms with Crippen LogP contribution in [0.3, 0.4) is 0 Å². The fourth-order valence-electron chi connectivity index (χ4n) is 1.91. The van der Waals surface area contributed by atoms with E-state index in [2.05, 4.69) is 10.0 Å². The van der Waals surface area contributed by atoms with Crippen molar-refractivity contribution >= 4 is 33.2 Å². The Hall–Kier alpha value is -0.330. The molecule has 1 aromatic carbocycles. The molecule has 0 saturated carbocycles. The molecule has 4 nitrogen and oxygen atoms in total. The minimum Gasteiger partial charge on any atom is -0.317 e. The van der Waals surface area contributed by atoms with Gasteiger partial charge in [-0.15, -0.1) is 0 Å². The molecule has 0 aromatic heterocycles. The molecule has 1 aliphatic heterocycles. The van der Waals surface area contributed by atoms with Crippen LogP contribution in [0.5, 0.6) is 0 Å². The van der Waals surface area contributed by atoms with Crippen LogP contribution in [0.15, 0.2) is 23.1 Å². The zero-order valence-corrected chi connectivity index (χ0v) is 11.9. The van der Waals surface area contributed by atoms with Crippen molar-refractivity contribution in [2.45, 2.75) is 23.8 Å². The third kappa shape index (κ3) is 3.16. The summed E-state index contributed by atoms with van der Waals surface area (Å²) in [5.41, 5.74) is 0. The second kappa shape index (κ2) is 5.75. The van der Waals surface area contributed by atoms with Crippen LogP contribution in [0.2, 0.25) is 10.0 Å². The lowest BCUT2D eigenvalue weighted by Gasteiger charge is -2.23. The maximum absolute atomic E-state index is 12.2. The van der Waals surface area contributed by atoms with Crippen LogP contribution >= 0.6 is 23.2 Å². The maximum Gasteiger partial charge on any atom is 0.242 e. The first kappa shape index (κ1) is 14.1. The fourth-order valence-corrected chi connectivity index (χ4v) is 3.98. The summed E-state index contributed by atoms with van der Waals surface area (Å²) in [5, 5.41) is 3.49. The molecule has 0 aliphatic carbocycles. The Kier molecular flexibility index (Phi) is 4.50. The lowest BCUT2D eigenvalue weighted by molar-refractivity contribution is 0.427. The average molecular weight is 309 g/mol. The van der Waals surface area contributed by atoms with E-state index in [0.717, 1.165) is 25.9 Å². The van der Waals surface area contributed by atoms with E-state index in [4.69, 9.17) is 23.2 Å². The van der Waals surface area contributed by atoms with Crippen LogP contribution < -0.4 is 10.0 Å². The van der Waals surface area contributed by atoms with Crippen molar-refractivity contribution in [1.29, 1.82) is 0 Å². The summed E-state index contributed by atoms with van der Waals surface area (Å²) in [6.07, 6.45) is 1.55. The highest BCUT2D eigenvalue weighted by Gasteiger charge is 2.24. The Bertz CT molecular complexity index is 528. The molecule has 2 N–H and O–H groups in total. The van der Waals surface area contributed by atoms with Crippen LogP contribution in [0.1, 0.15) is 12.8 Å². The van der Waals surface area contributed by atoms with E-state index in [1.54, 1.807) is 12.1 Å². The summed E-state index contributed by atoms with van der Waals surface area (Å²) in [5.74, 6) is 0. The number of hydrogen-bond acceptors (Lipinski definition) is 3. The minimum atomic E-state index is -3.61. The van der Waals surface area contributed by atoms with Crippen molar-refractivity contribution in [1.82, 2.24) is 10.0 Å². The van der Waals surface area contributed by atoms with Gasteiger partial charge in [-0.2, -0.15) is 0 Å². The third-order valence-electron chi connectivity index (χ3n) is 2.87. The summed E-state index contributed by atoms with van der Waals surface area (Å²) in [6, 6.07) is 4.54. The van der Waals surface area contributed by atoms with Crippen LogP contribution in [-0.4, -0.2) is 27.5 Å². The van der Waals surface area contributed by atoms with Crippen LogP contribution in [0.25, 0.3) is 0 Å². The molecule has 0 bridgehead atoms. The summed E-state index contributed by atoms with van der Waals surface area (Å²) in [4.78, 5) is 0.0372. The van der Waals surface area contributed by atoms with Crippen molar-refractivity contribution < 1.29 is 8.42 Å². The molecule has 0 radical (unpaired) electrons. The van der Waals surface area contributed by atoms with Gasteiger partial charge in [0.05, 0.1) is 10.0 Å². The molecule has 1 aromatic rings. The van der Waals surface area contributed by atoms with Gasteiger partial charge >= 0.3 is 0 Å². The van der Waals surface area contributed by atoms with Gasteiger partial charge in [-0.05, 0) is 38.1 Å². The number of sulfonamides is 1. The largest absolute Gasteiger partial charge is 0.317 e. The quantitative estimate of drug-likeness (QED) is 0.898. The molecule has 2 rings (SSSR count). The van der Waals surface area contributed by atoms with Crippen molar-refractivity contribution in [3.05, 3.63) is 28.2 Å². The molecule has 0 amide bonds. The number of nitrogens with one attached hydrogen (secondary N) is 2. The van der Waals surface area contributed by atoms with E-state index in [-0.39, 0.29) is 21.0 Å². The maximum atomic E-state index is 12.2. The summed E-state index contributed by atoms with van der Waals surface area (Å²) >= 11 is 11.8. The van der Waals surface area contributed by atoms with E-state index in [9.17, 15) is 8.42 Å². The van der Waals surface area contributed by atoms with Gasteiger partial charge in [0.25, 0.3) is 0 Å². The van der Waals surface area contributed by atoms with Crippen molar-refractivity contribution in [2.75, 3.05) is 13.1 Å². The highest BCUT2D eigenvalue weighted by atomic mass is 35.5. The smallest absolute Gasteiger partial charge is 0.242 e. The SMILES string of the molecule is O=S(=O)(NC1CCNCC1)c1cccc(Cl)c1Cl. The first-order valence-corrected chi connectivity index (χ1v) is 7.91. The molecular formula is C11H14Cl2N2O2S. The Morgan fingerprint density at radius 3 is 2.56 bits per heavy atom. The molecule has 100 valence electrons. The van der Waals surface area contributed by atoms with Crippen molar-refractivity contribution in [3.63, 3.8) is 0 Å². The molecule has 1 aliphatic rings. The monoisotopic (exact) mass is 308 g/mol. The van der Waals surface area contributed by atoms with E-state index < -0.39 is 10.0 Å². The number of benzene rings is 1. The van der Waals surface area contributed by atoms with Gasteiger partial charge in [0, 0.05) is 6.04 Å². The average Bonchev–Trinajstić information content (AvgIpc) is 2.33. The first-order chi connectivity index (χ1) is 8.50. The van der Waals surface area contributed by atoms with E-state index in [0.29, 0.717) is 0 Å². The predicted molar refractivity (Wildman–Crippen MR) is 72.7 cm³/mol. The van der Waals surface area contributed by atoms with Gasteiger partial charge in [-0.1, -0.05) is 29.3 Å². The van der Waals surface area contributed by atoms with Gasteiger partial charge in [0.1, 0.15) is 4.90 Å². The molecule has 18 heavy (non-hydrogen) atoms. The van der Waals surface area contributed by atoms with Crippen LogP contribution in [0, 0.1) is 0 Å². The molecule has 0 atom stereocenters. The summed E-state index contributed by atoms with van der Waals surface area (Å²) in [7, 11) is -3.61. The molecule has 0 unspecified atom stereocenters. The van der Waals surface area contributed by atoms with E-state index in [1.165, 1.54) is 6.07 Å². The normalized spacial score (nSPS) is 17.9. The number of rotatable bonds is 3. The van der Waals surface area contributed by atoms with Gasteiger partial charge in [-0.3, -0.25) is 0 Å². The zero-order valence-electron chi connectivity index (χ0n) is 9.62. The highest BCUT2D eigenvalue weighted by Crippen LogP contribution is 2.29. The van der Waals surface area contributed by atoms with Gasteiger partial charge in [-0.25, -0.2) is 13.1 Å². The van der Waals surface area contributed by atoms with Crippen LogP contribution in [-0.2, 0) is 10.0 Å². The molecule has 0 spiro atoms. The molecular weight excluding hydrogens is 295 g/mol. The standard InChI is InChI=1S/C11H14Cl2N2O2S/c12-9-2-1-3-10(11(9)13)18(16,17)15-8-4-6-14-7-5-8/h1-3,8,14-15H,4-7H2. The lowest BCUT2D eigenvalue weighted by atomic mass is 10.1. The lowest BCUT2D eigenvalue weighted by Crippen LogP contribution is -2.42. The molecule has 1 saturated heterocycles. The van der Waals surface area contributed by atoms with E-state index >= 15 is 0 Å².